The highest BCUT2D eigenvalue weighted by atomic mass is 16.7. The molecule has 2 aromatic rings. The monoisotopic (exact) mass is 425 g/mol. The largest absolute Gasteiger partial charge is 0.454 e. The second-order valence-corrected chi connectivity index (χ2v) is 8.49. The van der Waals surface area contributed by atoms with Crippen molar-refractivity contribution in [1.29, 1.82) is 0 Å². The second-order valence-electron chi connectivity index (χ2n) is 8.49. The number of rotatable bonds is 2. The van der Waals surface area contributed by atoms with Gasteiger partial charge in [-0.2, -0.15) is 10.1 Å². The number of amides is 1. The van der Waals surface area contributed by atoms with Gasteiger partial charge in [-0.1, -0.05) is 0 Å². The summed E-state index contributed by atoms with van der Waals surface area (Å²) in [5.74, 6) is 1.23. The number of carbonyl (C=O) groups is 1. The van der Waals surface area contributed by atoms with Crippen LogP contribution < -0.4 is 9.47 Å². The lowest BCUT2D eigenvalue weighted by Crippen LogP contribution is -2.39. The zero-order valence-electron chi connectivity index (χ0n) is 17.7. The summed E-state index contributed by atoms with van der Waals surface area (Å²) >= 11 is 0. The standard InChI is InChI=1S/C22H23N3O6/c1-13-9-15-10-18-19(30-12-29-18)11-17(15)20(14-5-7-16(8-6-14)25(27)28)23-24(13)21(26)31-22(2,3)4/h5-8,10-11,13H,9,12H2,1-4H3/t13-/m1/s1. The Bertz CT molecular complexity index is 1070. The summed E-state index contributed by atoms with van der Waals surface area (Å²) < 4.78 is 16.6. The van der Waals surface area contributed by atoms with E-state index in [0.717, 1.165) is 11.1 Å². The van der Waals surface area contributed by atoms with E-state index in [2.05, 4.69) is 5.10 Å². The van der Waals surface area contributed by atoms with Crippen molar-refractivity contribution in [2.75, 3.05) is 6.79 Å². The topological polar surface area (TPSA) is 104 Å². The Kier molecular flexibility index (Phi) is 5.04. The van der Waals surface area contributed by atoms with E-state index in [9.17, 15) is 14.9 Å². The minimum absolute atomic E-state index is 0.0266. The highest BCUT2D eigenvalue weighted by Crippen LogP contribution is 2.38. The zero-order chi connectivity index (χ0) is 22.3. The van der Waals surface area contributed by atoms with Crippen LogP contribution in [0.25, 0.3) is 0 Å². The van der Waals surface area contributed by atoms with Crippen LogP contribution in [-0.2, 0) is 11.2 Å². The molecule has 0 N–H and O–H groups in total. The number of nitro groups is 1. The van der Waals surface area contributed by atoms with Gasteiger partial charge in [0.25, 0.3) is 5.69 Å². The van der Waals surface area contributed by atoms with Gasteiger partial charge in [0.05, 0.1) is 16.7 Å². The average Bonchev–Trinajstić information content (AvgIpc) is 3.08. The van der Waals surface area contributed by atoms with Crippen LogP contribution in [-0.4, -0.2) is 40.2 Å². The molecule has 2 aliphatic rings. The van der Waals surface area contributed by atoms with Crippen LogP contribution in [0.5, 0.6) is 11.5 Å². The highest BCUT2D eigenvalue weighted by Gasteiger charge is 2.32. The van der Waals surface area contributed by atoms with Crippen LogP contribution in [0.15, 0.2) is 41.5 Å². The van der Waals surface area contributed by atoms with Gasteiger partial charge in [0.15, 0.2) is 11.5 Å². The van der Waals surface area contributed by atoms with Gasteiger partial charge in [0, 0.05) is 23.3 Å². The lowest BCUT2D eigenvalue weighted by atomic mass is 9.94. The number of nitro benzene ring substituents is 1. The molecule has 0 fully saturated rings. The lowest BCUT2D eigenvalue weighted by molar-refractivity contribution is -0.384. The third-order valence-corrected chi connectivity index (χ3v) is 4.93. The van der Waals surface area contributed by atoms with Gasteiger partial charge in [-0.15, -0.1) is 0 Å². The van der Waals surface area contributed by atoms with E-state index in [1.807, 2.05) is 19.1 Å². The van der Waals surface area contributed by atoms with Gasteiger partial charge in [-0.05, 0) is 63.9 Å². The van der Waals surface area contributed by atoms with Crippen LogP contribution in [0.1, 0.15) is 44.4 Å². The van der Waals surface area contributed by atoms with E-state index >= 15 is 0 Å². The van der Waals surface area contributed by atoms with Crippen molar-refractivity contribution in [2.24, 2.45) is 5.10 Å². The molecule has 9 heteroatoms. The normalized spacial score (nSPS) is 17.5. The molecule has 0 saturated heterocycles. The van der Waals surface area contributed by atoms with Gasteiger partial charge < -0.3 is 14.2 Å². The van der Waals surface area contributed by atoms with Gasteiger partial charge >= 0.3 is 6.09 Å². The van der Waals surface area contributed by atoms with E-state index in [4.69, 9.17) is 14.2 Å². The third kappa shape index (κ3) is 4.16. The number of hydrogen-bond donors (Lipinski definition) is 0. The summed E-state index contributed by atoms with van der Waals surface area (Å²) in [6.45, 7) is 7.41. The summed E-state index contributed by atoms with van der Waals surface area (Å²) in [5.41, 5.74) is 2.13. The Balaban J connectivity index is 1.84. The summed E-state index contributed by atoms with van der Waals surface area (Å²) in [7, 11) is 0. The number of nitrogens with zero attached hydrogens (tertiary/aromatic N) is 3. The molecule has 9 nitrogen and oxygen atoms in total. The molecule has 0 spiro atoms. The molecule has 31 heavy (non-hydrogen) atoms. The minimum Gasteiger partial charge on any atom is -0.454 e. The molecule has 2 aromatic carbocycles. The third-order valence-electron chi connectivity index (χ3n) is 4.93. The summed E-state index contributed by atoms with van der Waals surface area (Å²) in [4.78, 5) is 23.5. The molecule has 0 aromatic heterocycles. The van der Waals surface area contributed by atoms with Crippen LogP contribution in [0.4, 0.5) is 10.5 Å². The Morgan fingerprint density at radius 1 is 1.19 bits per heavy atom. The Labute approximate surface area is 179 Å². The summed E-state index contributed by atoms with van der Waals surface area (Å²) in [6, 6.07) is 9.51. The fourth-order valence-electron chi connectivity index (χ4n) is 3.52. The molecular formula is C22H23N3O6. The van der Waals surface area contributed by atoms with E-state index < -0.39 is 16.6 Å². The molecule has 2 aliphatic heterocycles. The molecule has 0 unspecified atom stereocenters. The van der Waals surface area contributed by atoms with Crippen LogP contribution in [0.2, 0.25) is 0 Å². The van der Waals surface area contributed by atoms with Crippen molar-refractivity contribution in [3.8, 4) is 11.5 Å². The molecule has 0 radical (unpaired) electrons. The molecule has 0 bridgehead atoms. The molecule has 162 valence electrons. The van der Waals surface area contributed by atoms with E-state index in [1.165, 1.54) is 17.1 Å². The molecule has 0 saturated carbocycles. The Hall–Kier alpha value is -3.62. The second kappa shape index (κ2) is 7.57. The average molecular weight is 425 g/mol. The van der Waals surface area contributed by atoms with Crippen LogP contribution in [0.3, 0.4) is 0 Å². The fourth-order valence-corrected chi connectivity index (χ4v) is 3.52. The molecule has 0 aliphatic carbocycles. The number of hydrazone groups is 1. The van der Waals surface area contributed by atoms with Crippen molar-refractivity contribution in [1.82, 2.24) is 5.01 Å². The molecular weight excluding hydrogens is 402 g/mol. The number of benzene rings is 2. The van der Waals surface area contributed by atoms with Gasteiger partial charge in [0.1, 0.15) is 5.60 Å². The predicted molar refractivity (Wildman–Crippen MR) is 113 cm³/mol. The van der Waals surface area contributed by atoms with Crippen molar-refractivity contribution in [3.05, 3.63) is 63.2 Å². The number of non-ortho nitro benzene ring substituents is 1. The molecule has 1 amide bonds. The van der Waals surface area contributed by atoms with Crippen molar-refractivity contribution >= 4 is 17.5 Å². The van der Waals surface area contributed by atoms with Crippen molar-refractivity contribution < 1.29 is 23.9 Å². The SMILES string of the molecule is C[C@@H]1Cc2cc3c(cc2C(c2ccc([N+](=O)[O-])cc2)=NN1C(=O)OC(C)(C)C)OCO3. The van der Waals surface area contributed by atoms with Gasteiger partial charge in [-0.3, -0.25) is 10.1 Å². The lowest BCUT2D eigenvalue weighted by Gasteiger charge is -2.27. The maximum absolute atomic E-state index is 12.9. The smallest absolute Gasteiger partial charge is 0.431 e. The first-order chi connectivity index (χ1) is 14.6. The first-order valence-corrected chi connectivity index (χ1v) is 9.91. The Morgan fingerprint density at radius 3 is 2.45 bits per heavy atom. The maximum atomic E-state index is 12.9. The van der Waals surface area contributed by atoms with Crippen LogP contribution in [0, 0.1) is 10.1 Å². The molecule has 4 rings (SSSR count). The number of ether oxygens (including phenoxy) is 3. The maximum Gasteiger partial charge on any atom is 0.431 e. The fraction of sp³-hybridized carbons (Fsp3) is 0.364. The van der Waals surface area contributed by atoms with E-state index in [1.54, 1.807) is 32.9 Å². The molecule has 1 atom stereocenters. The Morgan fingerprint density at radius 2 is 1.84 bits per heavy atom. The highest BCUT2D eigenvalue weighted by molar-refractivity contribution is 6.14. The number of fused-ring (bicyclic) bond motifs is 2. The van der Waals surface area contributed by atoms with E-state index in [-0.39, 0.29) is 18.5 Å². The van der Waals surface area contributed by atoms with E-state index in [0.29, 0.717) is 29.2 Å². The van der Waals surface area contributed by atoms with Crippen molar-refractivity contribution in [3.63, 3.8) is 0 Å². The quantitative estimate of drug-likeness (QED) is 0.526. The molecule has 2 heterocycles. The number of carbonyl (C=O) groups excluding carboxylic acids is 1. The summed E-state index contributed by atoms with van der Waals surface area (Å²) in [6.07, 6.45) is -0.0437. The summed E-state index contributed by atoms with van der Waals surface area (Å²) in [5, 5.41) is 17.1. The zero-order valence-corrected chi connectivity index (χ0v) is 17.7. The van der Waals surface area contributed by atoms with Crippen LogP contribution >= 0.6 is 0 Å². The van der Waals surface area contributed by atoms with Gasteiger partial charge in [0.2, 0.25) is 6.79 Å². The first kappa shape index (κ1) is 20.6. The predicted octanol–water partition coefficient (Wildman–Crippen LogP) is 4.26. The van der Waals surface area contributed by atoms with Gasteiger partial charge in [-0.25, -0.2) is 4.79 Å². The van der Waals surface area contributed by atoms with Crippen molar-refractivity contribution in [2.45, 2.75) is 45.8 Å². The number of hydrogen-bond acceptors (Lipinski definition) is 7. The minimum atomic E-state index is -0.679. The first-order valence-electron chi connectivity index (χ1n) is 9.91.